The molecule has 63 heavy (non-hydrogen) atoms. The predicted molar refractivity (Wildman–Crippen MR) is 264 cm³/mol. The Hall–Kier alpha value is -7.88. The van der Waals surface area contributed by atoms with Crippen LogP contribution >= 0.6 is 0 Å². The van der Waals surface area contributed by atoms with E-state index in [1.165, 1.54) is 122 Å². The molecule has 0 amide bonds. The summed E-state index contributed by atoms with van der Waals surface area (Å²) in [5.74, 6) is 0. The van der Waals surface area contributed by atoms with Gasteiger partial charge in [-0.2, -0.15) is 0 Å². The van der Waals surface area contributed by atoms with E-state index in [1.807, 2.05) is 0 Å². The zero-order valence-electron chi connectivity index (χ0n) is 34.8. The summed E-state index contributed by atoms with van der Waals surface area (Å²) in [6.07, 6.45) is 0. The second-order valence-electron chi connectivity index (χ2n) is 17.6. The topological polar surface area (TPSA) is 6.48 Å². The molecular formula is C60H39BN2. The number of para-hydroxylation sites is 2. The smallest absolute Gasteiger partial charge is 0.333 e. The maximum atomic E-state index is 2.66. The van der Waals surface area contributed by atoms with Crippen LogP contribution in [0.25, 0.3) is 55.3 Å². The number of anilines is 5. The van der Waals surface area contributed by atoms with Gasteiger partial charge >= 0.3 is 6.85 Å². The fourth-order valence-electron chi connectivity index (χ4n) is 12.0. The van der Waals surface area contributed by atoms with Crippen molar-refractivity contribution in [2.24, 2.45) is 0 Å². The minimum absolute atomic E-state index is 0.113. The third kappa shape index (κ3) is 4.58. The van der Waals surface area contributed by atoms with Crippen molar-refractivity contribution in [3.05, 3.63) is 246 Å². The molecule has 0 unspecified atom stereocenters. The molecule has 0 radical (unpaired) electrons. The standard InChI is InChI=1S/C60H39BN2/c1-38-16-5-8-21-45(38)43-35-49-48-34-41-19-6-7-20-42(41)36-56(48)63(44-32-30-40(31-33-44)39-17-3-2-4-18-39)61-54-28-15-27-53-59(54)62(57(37-43)58(49)61)55-29-14-13-26-52(55)60(53)50-24-11-9-22-46(50)47-23-10-12-25-51(47)60/h2-37H,1H3. The van der Waals surface area contributed by atoms with Gasteiger partial charge in [-0.1, -0.05) is 176 Å². The molecule has 0 atom stereocenters. The highest BCUT2D eigenvalue weighted by Crippen LogP contribution is 2.64. The van der Waals surface area contributed by atoms with Crippen molar-refractivity contribution in [3.8, 4) is 44.5 Å². The lowest BCUT2D eigenvalue weighted by Crippen LogP contribution is -2.62. The third-order valence-corrected chi connectivity index (χ3v) is 14.5. The maximum absolute atomic E-state index is 2.66. The number of benzene rings is 10. The van der Waals surface area contributed by atoms with Crippen molar-refractivity contribution in [1.82, 2.24) is 0 Å². The Morgan fingerprint density at radius 3 is 1.73 bits per heavy atom. The number of nitrogens with zero attached hydrogens (tertiary/aromatic N) is 2. The van der Waals surface area contributed by atoms with E-state index in [-0.39, 0.29) is 6.85 Å². The van der Waals surface area contributed by atoms with E-state index in [9.17, 15) is 0 Å². The van der Waals surface area contributed by atoms with Crippen molar-refractivity contribution < 1.29 is 0 Å². The van der Waals surface area contributed by atoms with Crippen LogP contribution in [-0.2, 0) is 5.41 Å². The molecule has 1 spiro atoms. The van der Waals surface area contributed by atoms with E-state index in [0.29, 0.717) is 0 Å². The van der Waals surface area contributed by atoms with Gasteiger partial charge in [-0.15, -0.1) is 0 Å². The van der Waals surface area contributed by atoms with Crippen LogP contribution in [0.1, 0.15) is 27.8 Å². The number of hydrogen-bond donors (Lipinski definition) is 0. The molecule has 10 aromatic rings. The summed E-state index contributed by atoms with van der Waals surface area (Å²) in [5, 5.41) is 2.48. The lowest BCUT2D eigenvalue weighted by Gasteiger charge is -2.51. The summed E-state index contributed by atoms with van der Waals surface area (Å²) in [6, 6.07) is 82.4. The average molecular weight is 799 g/mol. The Balaban J connectivity index is 1.13. The molecule has 10 aromatic carbocycles. The van der Waals surface area contributed by atoms with Gasteiger partial charge in [0.25, 0.3) is 0 Å². The van der Waals surface area contributed by atoms with Gasteiger partial charge in [0, 0.05) is 28.3 Å². The predicted octanol–water partition coefficient (Wildman–Crippen LogP) is 13.9. The molecule has 14 rings (SSSR count). The summed E-state index contributed by atoms with van der Waals surface area (Å²) >= 11 is 0. The summed E-state index contributed by atoms with van der Waals surface area (Å²) in [6.45, 7) is 2.13. The molecule has 0 aromatic heterocycles. The minimum Gasteiger partial charge on any atom is -0.376 e. The Labute approximate surface area is 368 Å². The maximum Gasteiger partial charge on any atom is 0.333 e. The quantitative estimate of drug-likeness (QED) is 0.164. The van der Waals surface area contributed by atoms with E-state index >= 15 is 0 Å². The largest absolute Gasteiger partial charge is 0.376 e. The van der Waals surface area contributed by atoms with Crippen LogP contribution in [-0.4, -0.2) is 6.85 Å². The lowest BCUT2D eigenvalue weighted by molar-refractivity contribution is 0.753. The van der Waals surface area contributed by atoms with Crippen molar-refractivity contribution in [3.63, 3.8) is 0 Å². The molecule has 4 aliphatic rings. The highest BCUT2D eigenvalue weighted by molar-refractivity contribution is 6.93. The van der Waals surface area contributed by atoms with Crippen LogP contribution in [0.15, 0.2) is 218 Å². The molecule has 0 saturated carbocycles. The first-order valence-corrected chi connectivity index (χ1v) is 22.1. The Morgan fingerprint density at radius 1 is 0.381 bits per heavy atom. The first kappa shape index (κ1) is 34.8. The van der Waals surface area contributed by atoms with Crippen LogP contribution in [0.3, 0.4) is 0 Å². The molecular weight excluding hydrogens is 759 g/mol. The van der Waals surface area contributed by atoms with Crippen molar-refractivity contribution >= 4 is 57.0 Å². The first-order chi connectivity index (χ1) is 31.2. The monoisotopic (exact) mass is 798 g/mol. The van der Waals surface area contributed by atoms with Crippen molar-refractivity contribution in [2.45, 2.75) is 12.3 Å². The second kappa shape index (κ2) is 12.8. The molecule has 3 heterocycles. The molecule has 3 aliphatic heterocycles. The van der Waals surface area contributed by atoms with Crippen LogP contribution in [0.4, 0.5) is 28.4 Å². The molecule has 0 N–H and O–H groups in total. The van der Waals surface area contributed by atoms with E-state index in [0.717, 1.165) is 0 Å². The van der Waals surface area contributed by atoms with Crippen LogP contribution in [0.2, 0.25) is 0 Å². The summed E-state index contributed by atoms with van der Waals surface area (Å²) < 4.78 is 0. The molecule has 292 valence electrons. The highest BCUT2D eigenvalue weighted by Gasteiger charge is 2.55. The normalized spacial score (nSPS) is 14.1. The van der Waals surface area contributed by atoms with Gasteiger partial charge in [0.15, 0.2) is 0 Å². The lowest BCUT2D eigenvalue weighted by atomic mass is 9.42. The van der Waals surface area contributed by atoms with E-state index in [1.54, 1.807) is 0 Å². The zero-order valence-corrected chi connectivity index (χ0v) is 34.8. The fraction of sp³-hybridized carbons (Fsp3) is 0.0333. The molecule has 1 aliphatic carbocycles. The van der Waals surface area contributed by atoms with Crippen LogP contribution < -0.4 is 20.6 Å². The van der Waals surface area contributed by atoms with Crippen LogP contribution in [0.5, 0.6) is 0 Å². The Bertz CT molecular complexity index is 3510. The van der Waals surface area contributed by atoms with Crippen molar-refractivity contribution in [1.29, 1.82) is 0 Å². The van der Waals surface area contributed by atoms with Gasteiger partial charge in [-0.05, 0) is 138 Å². The Morgan fingerprint density at radius 2 is 0.984 bits per heavy atom. The zero-order chi connectivity index (χ0) is 41.4. The number of aryl methyl sites for hydroxylation is 1. The minimum atomic E-state index is -0.509. The summed E-state index contributed by atoms with van der Waals surface area (Å²) in [7, 11) is 0. The second-order valence-corrected chi connectivity index (χ2v) is 17.6. The number of hydrogen-bond acceptors (Lipinski definition) is 2. The molecule has 3 heteroatoms. The van der Waals surface area contributed by atoms with Gasteiger partial charge < -0.3 is 9.71 Å². The summed E-state index contributed by atoms with van der Waals surface area (Å²) in [4.78, 5) is 5.31. The van der Waals surface area contributed by atoms with E-state index < -0.39 is 5.41 Å². The van der Waals surface area contributed by atoms with Gasteiger partial charge in [0.05, 0.1) is 11.1 Å². The summed E-state index contributed by atoms with van der Waals surface area (Å²) in [5.41, 5.74) is 25.0. The first-order valence-electron chi connectivity index (χ1n) is 22.1. The Kier molecular flexibility index (Phi) is 7.08. The van der Waals surface area contributed by atoms with Gasteiger partial charge in [-0.25, -0.2) is 0 Å². The third-order valence-electron chi connectivity index (χ3n) is 14.5. The SMILES string of the molecule is Cc1ccccc1-c1cc2c3c(c1)N1c4ccccc4C4(c5ccccc5-c5ccccc54)c4cccc(c41)B3N(c1ccc(-c3ccccc3)cc1)c1cc3ccccc3cc1-2. The van der Waals surface area contributed by atoms with Crippen molar-refractivity contribution in [2.75, 3.05) is 9.71 Å². The fourth-order valence-corrected chi connectivity index (χ4v) is 12.0. The van der Waals surface area contributed by atoms with E-state index in [2.05, 4.69) is 235 Å². The number of fused-ring (bicyclic) bond motifs is 14. The highest BCUT2D eigenvalue weighted by atomic mass is 15.2. The molecule has 0 bridgehead atoms. The van der Waals surface area contributed by atoms with Crippen LogP contribution in [0, 0.1) is 6.92 Å². The van der Waals surface area contributed by atoms with E-state index in [4.69, 9.17) is 0 Å². The number of rotatable bonds is 3. The van der Waals surface area contributed by atoms with Gasteiger partial charge in [-0.3, -0.25) is 0 Å². The molecule has 0 fully saturated rings. The molecule has 2 nitrogen and oxygen atoms in total. The van der Waals surface area contributed by atoms with Gasteiger partial charge in [0.2, 0.25) is 0 Å². The van der Waals surface area contributed by atoms with Gasteiger partial charge in [0.1, 0.15) is 0 Å². The molecule has 0 saturated heterocycles. The average Bonchev–Trinajstić information content (AvgIpc) is 3.64.